The number of nitrogens with two attached hydrogens (primary N) is 1. The third-order valence-electron chi connectivity index (χ3n) is 6.53. The highest BCUT2D eigenvalue weighted by Crippen LogP contribution is 2.25. The standard InChI is InChI=1S/C28H31N5O4S/c1-2-38(36,37)24-15-14-23-16-21(24)17-31-28(35)26(33-22-12-10-20(11-13-22)27(29)30)19-8-6-18(7-9-19)4-3-5-25(34)32-23/h6,8-16,19,26,33H,2-5,17H2,1H3,(H3,29,30)(H,31,35)(H,32,34)/t19?,26-/m1/s1. The van der Waals surface area contributed by atoms with Crippen molar-refractivity contribution in [3.05, 3.63) is 83.1 Å². The molecule has 0 saturated carbocycles. The zero-order chi connectivity index (χ0) is 27.3. The second-order valence-electron chi connectivity index (χ2n) is 9.23. The van der Waals surface area contributed by atoms with E-state index in [-0.39, 0.29) is 40.8 Å². The number of nitrogen functional groups attached to an aromatic ring is 1. The summed E-state index contributed by atoms with van der Waals surface area (Å²) in [7, 11) is -3.56. The van der Waals surface area contributed by atoms with Crippen molar-refractivity contribution in [2.24, 2.45) is 11.7 Å². The molecule has 2 heterocycles. The molecule has 2 atom stereocenters. The van der Waals surface area contributed by atoms with E-state index in [1.807, 2.05) is 18.2 Å². The number of nitrogens with one attached hydrogen (secondary N) is 4. The molecule has 3 aliphatic rings. The average Bonchev–Trinajstić information content (AvgIpc) is 2.90. The lowest BCUT2D eigenvalue weighted by Gasteiger charge is -2.25. The molecule has 2 aromatic carbocycles. The van der Waals surface area contributed by atoms with Crippen LogP contribution in [0.4, 0.5) is 11.4 Å². The van der Waals surface area contributed by atoms with Crippen LogP contribution in [0.25, 0.3) is 0 Å². The van der Waals surface area contributed by atoms with Gasteiger partial charge in [-0.15, -0.1) is 5.73 Å². The first-order chi connectivity index (χ1) is 18.2. The summed E-state index contributed by atoms with van der Waals surface area (Å²) in [6, 6.07) is 10.8. The Labute approximate surface area is 222 Å². The number of benzene rings is 2. The van der Waals surface area contributed by atoms with Crippen LogP contribution in [0.5, 0.6) is 0 Å². The minimum Gasteiger partial charge on any atom is -0.384 e. The lowest BCUT2D eigenvalue weighted by Crippen LogP contribution is -2.43. The average molecular weight is 534 g/mol. The molecular formula is C28H31N5O4S. The van der Waals surface area contributed by atoms with Gasteiger partial charge >= 0.3 is 0 Å². The number of carbonyl (C=O) groups is 2. The molecule has 1 unspecified atom stereocenters. The Morgan fingerprint density at radius 2 is 1.92 bits per heavy atom. The summed E-state index contributed by atoms with van der Waals surface area (Å²) in [6.07, 6.45) is 7.26. The number of allylic oxidation sites excluding steroid dienone is 1. The summed E-state index contributed by atoms with van der Waals surface area (Å²) in [5.41, 5.74) is 11.9. The van der Waals surface area contributed by atoms with E-state index in [4.69, 9.17) is 11.1 Å². The quantitative estimate of drug-likeness (QED) is 0.226. The normalized spacial score (nSPS) is 19.9. The molecule has 0 aromatic heterocycles. The summed E-state index contributed by atoms with van der Waals surface area (Å²) < 4.78 is 25.5. The number of sulfone groups is 1. The summed E-state index contributed by atoms with van der Waals surface area (Å²) in [4.78, 5) is 26.1. The zero-order valence-electron chi connectivity index (χ0n) is 21.1. The Morgan fingerprint density at radius 1 is 1.16 bits per heavy atom. The van der Waals surface area contributed by atoms with E-state index in [2.05, 4.69) is 21.7 Å². The minimum absolute atomic E-state index is 0.0419. The van der Waals surface area contributed by atoms with E-state index in [0.717, 1.165) is 5.57 Å². The number of carbonyl (C=O) groups excluding carboxylic acids is 2. The topological polar surface area (TPSA) is 154 Å². The van der Waals surface area contributed by atoms with Crippen molar-refractivity contribution in [2.75, 3.05) is 16.4 Å². The van der Waals surface area contributed by atoms with Gasteiger partial charge in [-0.2, -0.15) is 0 Å². The SMILES string of the molecule is CCS(=O)(=O)c1ccc2cc1CNC(=O)[C@H](Nc1ccc(C(=N)N)cc1)C1C=C=C(C=C1)CCCC(=O)N2. The number of anilines is 2. The number of fused-ring (bicyclic) bond motifs is 7. The second-order valence-corrected chi connectivity index (χ2v) is 11.5. The van der Waals surface area contributed by atoms with Crippen molar-refractivity contribution in [1.82, 2.24) is 5.32 Å². The Balaban J connectivity index is 1.69. The predicted octanol–water partition coefficient (Wildman–Crippen LogP) is 3.25. The predicted molar refractivity (Wildman–Crippen MR) is 148 cm³/mol. The Hall–Kier alpha value is -4.14. The van der Waals surface area contributed by atoms with Crippen molar-refractivity contribution >= 4 is 38.9 Å². The molecule has 0 saturated heterocycles. The highest BCUT2D eigenvalue weighted by molar-refractivity contribution is 7.91. The first-order valence-corrected chi connectivity index (χ1v) is 14.1. The van der Waals surface area contributed by atoms with Crippen molar-refractivity contribution in [1.29, 1.82) is 5.41 Å². The number of hydrogen-bond donors (Lipinski definition) is 5. The maximum Gasteiger partial charge on any atom is 0.243 e. The Bertz CT molecular complexity index is 1450. The lowest BCUT2D eigenvalue weighted by molar-refractivity contribution is -0.122. The van der Waals surface area contributed by atoms with Crippen LogP contribution in [-0.2, 0) is 26.0 Å². The van der Waals surface area contributed by atoms with E-state index >= 15 is 0 Å². The number of amides is 2. The molecule has 0 spiro atoms. The van der Waals surface area contributed by atoms with Crippen LogP contribution in [0.3, 0.4) is 0 Å². The van der Waals surface area contributed by atoms with Crippen LogP contribution < -0.4 is 21.7 Å². The van der Waals surface area contributed by atoms with Gasteiger partial charge in [-0.25, -0.2) is 8.42 Å². The molecule has 0 radical (unpaired) electrons. The summed E-state index contributed by atoms with van der Waals surface area (Å²) in [5, 5.41) is 16.6. The number of rotatable bonds is 5. The summed E-state index contributed by atoms with van der Waals surface area (Å²) in [5.74, 6) is -0.968. The summed E-state index contributed by atoms with van der Waals surface area (Å²) >= 11 is 0. The third-order valence-corrected chi connectivity index (χ3v) is 8.36. The van der Waals surface area contributed by atoms with E-state index in [1.165, 1.54) is 6.07 Å². The van der Waals surface area contributed by atoms with Gasteiger partial charge in [0.2, 0.25) is 11.8 Å². The van der Waals surface area contributed by atoms with Crippen LogP contribution in [0.1, 0.15) is 37.3 Å². The van der Waals surface area contributed by atoms with Crippen molar-refractivity contribution < 1.29 is 18.0 Å². The molecule has 5 rings (SSSR count). The monoisotopic (exact) mass is 533 g/mol. The van der Waals surface area contributed by atoms with Gasteiger partial charge in [0.25, 0.3) is 0 Å². The van der Waals surface area contributed by atoms with Gasteiger partial charge in [0, 0.05) is 35.8 Å². The molecule has 38 heavy (non-hydrogen) atoms. The third kappa shape index (κ3) is 6.40. The maximum atomic E-state index is 13.5. The Kier molecular flexibility index (Phi) is 8.14. The van der Waals surface area contributed by atoms with Crippen molar-refractivity contribution in [3.63, 3.8) is 0 Å². The molecule has 4 bridgehead atoms. The van der Waals surface area contributed by atoms with Crippen molar-refractivity contribution in [3.8, 4) is 0 Å². The zero-order valence-corrected chi connectivity index (χ0v) is 21.9. The van der Waals surface area contributed by atoms with Gasteiger partial charge in [-0.05, 0) is 72.5 Å². The van der Waals surface area contributed by atoms with E-state index in [0.29, 0.717) is 41.8 Å². The molecule has 2 aromatic rings. The molecule has 9 nitrogen and oxygen atoms in total. The Morgan fingerprint density at radius 3 is 2.58 bits per heavy atom. The smallest absolute Gasteiger partial charge is 0.243 e. The van der Waals surface area contributed by atoms with Crippen molar-refractivity contribution in [2.45, 2.75) is 43.7 Å². The van der Waals surface area contributed by atoms with Gasteiger partial charge in [0.05, 0.1) is 10.6 Å². The molecule has 2 amide bonds. The summed E-state index contributed by atoms with van der Waals surface area (Å²) in [6.45, 7) is 1.52. The lowest BCUT2D eigenvalue weighted by atomic mass is 9.92. The fourth-order valence-corrected chi connectivity index (χ4v) is 5.49. The molecule has 1 aliphatic carbocycles. The van der Waals surface area contributed by atoms with Gasteiger partial charge in [0.15, 0.2) is 9.84 Å². The van der Waals surface area contributed by atoms with Crippen LogP contribution in [0.2, 0.25) is 0 Å². The molecule has 6 N–H and O–H groups in total. The molecule has 10 heteroatoms. The van der Waals surface area contributed by atoms with Gasteiger partial charge < -0.3 is 21.7 Å². The molecule has 0 fully saturated rings. The van der Waals surface area contributed by atoms with Crippen LogP contribution in [0, 0.1) is 11.3 Å². The first kappa shape index (κ1) is 26.9. The number of amidine groups is 1. The molecule has 198 valence electrons. The first-order valence-electron chi connectivity index (χ1n) is 12.4. The largest absolute Gasteiger partial charge is 0.384 e. The fourth-order valence-electron chi connectivity index (χ4n) is 4.37. The second kappa shape index (κ2) is 11.5. The van der Waals surface area contributed by atoms with Crippen LogP contribution in [0.15, 0.2) is 76.9 Å². The van der Waals surface area contributed by atoms with Crippen LogP contribution >= 0.6 is 0 Å². The highest BCUT2D eigenvalue weighted by Gasteiger charge is 2.27. The van der Waals surface area contributed by atoms with E-state index < -0.39 is 15.9 Å². The van der Waals surface area contributed by atoms with Crippen LogP contribution in [-0.4, -0.2) is 37.9 Å². The molecular weight excluding hydrogens is 502 g/mol. The van der Waals surface area contributed by atoms with Gasteiger partial charge in [-0.3, -0.25) is 15.0 Å². The fraction of sp³-hybridized carbons (Fsp3) is 0.286. The van der Waals surface area contributed by atoms with Gasteiger partial charge in [-0.1, -0.05) is 19.1 Å². The highest BCUT2D eigenvalue weighted by atomic mass is 32.2. The maximum absolute atomic E-state index is 13.5. The molecule has 2 aliphatic heterocycles. The van der Waals surface area contributed by atoms with E-state index in [9.17, 15) is 18.0 Å². The minimum atomic E-state index is -3.56. The number of hydrogen-bond acceptors (Lipinski definition) is 6. The van der Waals surface area contributed by atoms with Gasteiger partial charge in [0.1, 0.15) is 11.9 Å². The van der Waals surface area contributed by atoms with E-state index in [1.54, 1.807) is 43.3 Å².